The van der Waals surface area contributed by atoms with Crippen molar-refractivity contribution in [2.45, 2.75) is 45.1 Å². The van der Waals surface area contributed by atoms with Crippen LogP contribution in [0.15, 0.2) is 12.1 Å². The van der Waals surface area contributed by atoms with Crippen LogP contribution in [0.2, 0.25) is 10.0 Å². The molecule has 0 heterocycles. The molecule has 0 bridgehead atoms. The minimum Gasteiger partial charge on any atom is -0.397 e. The van der Waals surface area contributed by atoms with E-state index < -0.39 is 0 Å². The van der Waals surface area contributed by atoms with E-state index in [1.54, 1.807) is 6.07 Å². The molecule has 0 radical (unpaired) electrons. The Balaban J connectivity index is 2.00. The van der Waals surface area contributed by atoms with E-state index in [0.29, 0.717) is 21.8 Å². The van der Waals surface area contributed by atoms with Gasteiger partial charge in [-0.1, -0.05) is 36.5 Å². The molecule has 0 unspecified atom stereocenters. The van der Waals surface area contributed by atoms with E-state index in [-0.39, 0.29) is 0 Å². The van der Waals surface area contributed by atoms with Crippen LogP contribution in [-0.2, 0) is 0 Å². The summed E-state index contributed by atoms with van der Waals surface area (Å²) in [5, 5.41) is 4.55. The Bertz CT molecular complexity index is 413. The van der Waals surface area contributed by atoms with E-state index in [2.05, 4.69) is 12.2 Å². The summed E-state index contributed by atoms with van der Waals surface area (Å²) >= 11 is 11.9. The first-order chi connectivity index (χ1) is 8.60. The summed E-state index contributed by atoms with van der Waals surface area (Å²) < 4.78 is 0. The topological polar surface area (TPSA) is 38.0 Å². The highest BCUT2D eigenvalue weighted by molar-refractivity contribution is 6.42. The van der Waals surface area contributed by atoms with Crippen LogP contribution in [-0.4, -0.2) is 6.04 Å². The zero-order valence-corrected chi connectivity index (χ0v) is 12.2. The molecule has 3 N–H and O–H groups in total. The SMILES string of the molecule is CCC1CCC(Nc2cc(Cl)c(Cl)cc2N)CC1. The number of benzene rings is 1. The van der Waals surface area contributed by atoms with Crippen molar-refractivity contribution in [2.75, 3.05) is 11.1 Å². The third kappa shape index (κ3) is 3.24. The highest BCUT2D eigenvalue weighted by Gasteiger charge is 2.20. The van der Waals surface area contributed by atoms with Crippen LogP contribution in [0.4, 0.5) is 11.4 Å². The lowest BCUT2D eigenvalue weighted by atomic mass is 9.84. The predicted molar refractivity (Wildman–Crippen MR) is 80.5 cm³/mol. The van der Waals surface area contributed by atoms with Crippen LogP contribution in [0.5, 0.6) is 0 Å². The summed E-state index contributed by atoms with van der Waals surface area (Å²) in [5.74, 6) is 0.897. The van der Waals surface area contributed by atoms with Gasteiger partial charge in [-0.15, -0.1) is 0 Å². The molecule has 2 nitrogen and oxygen atoms in total. The van der Waals surface area contributed by atoms with Crippen molar-refractivity contribution in [1.29, 1.82) is 0 Å². The van der Waals surface area contributed by atoms with Crippen LogP contribution >= 0.6 is 23.2 Å². The quantitative estimate of drug-likeness (QED) is 0.771. The van der Waals surface area contributed by atoms with E-state index >= 15 is 0 Å². The fourth-order valence-corrected chi connectivity index (χ4v) is 2.96. The number of nitrogen functional groups attached to an aromatic ring is 1. The van der Waals surface area contributed by atoms with Crippen LogP contribution in [0, 0.1) is 5.92 Å². The average Bonchev–Trinajstić information content (AvgIpc) is 2.37. The Labute approximate surface area is 119 Å². The third-order valence-electron chi connectivity index (χ3n) is 3.88. The Morgan fingerprint density at radius 3 is 2.39 bits per heavy atom. The molecular weight excluding hydrogens is 267 g/mol. The van der Waals surface area contributed by atoms with Crippen molar-refractivity contribution in [1.82, 2.24) is 0 Å². The van der Waals surface area contributed by atoms with Crippen molar-refractivity contribution in [3.05, 3.63) is 22.2 Å². The standard InChI is InChI=1S/C14H20Cl2N2/c1-2-9-3-5-10(6-4-9)18-14-8-12(16)11(15)7-13(14)17/h7-10,18H,2-6,17H2,1H3. The van der Waals surface area contributed by atoms with E-state index in [0.717, 1.165) is 11.6 Å². The number of anilines is 2. The van der Waals surface area contributed by atoms with Gasteiger partial charge in [-0.3, -0.25) is 0 Å². The minimum atomic E-state index is 0.507. The van der Waals surface area contributed by atoms with Crippen molar-refractivity contribution in [3.63, 3.8) is 0 Å². The fraction of sp³-hybridized carbons (Fsp3) is 0.571. The maximum atomic E-state index is 6.02. The van der Waals surface area contributed by atoms with E-state index in [4.69, 9.17) is 28.9 Å². The van der Waals surface area contributed by atoms with Crippen LogP contribution in [0.25, 0.3) is 0 Å². The first-order valence-corrected chi connectivity index (χ1v) is 7.36. The van der Waals surface area contributed by atoms with E-state index in [1.165, 1.54) is 32.1 Å². The smallest absolute Gasteiger partial charge is 0.0614 e. The molecule has 0 spiro atoms. The Morgan fingerprint density at radius 1 is 1.17 bits per heavy atom. The molecule has 2 rings (SSSR count). The molecule has 0 saturated heterocycles. The first-order valence-electron chi connectivity index (χ1n) is 6.61. The summed E-state index contributed by atoms with van der Waals surface area (Å²) in [6, 6.07) is 4.04. The predicted octanol–water partition coefficient (Wildman–Crippen LogP) is 4.96. The lowest BCUT2D eigenvalue weighted by Gasteiger charge is -2.29. The van der Waals surface area contributed by atoms with E-state index in [9.17, 15) is 0 Å². The lowest BCUT2D eigenvalue weighted by Crippen LogP contribution is -2.26. The molecule has 1 aliphatic carbocycles. The molecule has 100 valence electrons. The van der Waals surface area contributed by atoms with Gasteiger partial charge in [0, 0.05) is 6.04 Å². The van der Waals surface area contributed by atoms with Gasteiger partial charge >= 0.3 is 0 Å². The molecular formula is C14H20Cl2N2. The molecule has 1 saturated carbocycles. The summed E-state index contributed by atoms with van der Waals surface area (Å²) in [4.78, 5) is 0. The average molecular weight is 287 g/mol. The normalized spacial score (nSPS) is 23.9. The second-order valence-electron chi connectivity index (χ2n) is 5.12. The molecule has 1 aromatic carbocycles. The third-order valence-corrected chi connectivity index (χ3v) is 4.60. The minimum absolute atomic E-state index is 0.507. The van der Waals surface area contributed by atoms with Crippen molar-refractivity contribution in [2.24, 2.45) is 5.92 Å². The number of hydrogen-bond acceptors (Lipinski definition) is 2. The summed E-state index contributed by atoms with van der Waals surface area (Å²) in [5.41, 5.74) is 7.53. The number of hydrogen-bond donors (Lipinski definition) is 2. The molecule has 4 heteroatoms. The first kappa shape index (κ1) is 13.8. The number of halogens is 2. The Morgan fingerprint density at radius 2 is 1.78 bits per heavy atom. The second-order valence-corrected chi connectivity index (χ2v) is 5.94. The maximum Gasteiger partial charge on any atom is 0.0614 e. The zero-order chi connectivity index (χ0) is 13.1. The van der Waals surface area contributed by atoms with Gasteiger partial charge in [0.15, 0.2) is 0 Å². The van der Waals surface area contributed by atoms with Gasteiger partial charge in [0.2, 0.25) is 0 Å². The van der Waals surface area contributed by atoms with Crippen LogP contribution < -0.4 is 11.1 Å². The molecule has 0 atom stereocenters. The molecule has 0 aliphatic heterocycles. The number of nitrogens with one attached hydrogen (secondary N) is 1. The Hall–Kier alpha value is -0.600. The summed E-state index contributed by atoms with van der Waals surface area (Å²) in [6.07, 6.45) is 6.31. The lowest BCUT2D eigenvalue weighted by molar-refractivity contribution is 0.330. The molecule has 18 heavy (non-hydrogen) atoms. The van der Waals surface area contributed by atoms with Gasteiger partial charge < -0.3 is 11.1 Å². The highest BCUT2D eigenvalue weighted by Crippen LogP contribution is 2.34. The molecule has 1 fully saturated rings. The fourth-order valence-electron chi connectivity index (χ4n) is 2.62. The number of nitrogens with two attached hydrogens (primary N) is 1. The molecule has 0 aromatic heterocycles. The largest absolute Gasteiger partial charge is 0.397 e. The Kier molecular flexibility index (Phi) is 4.63. The van der Waals surface area contributed by atoms with Crippen LogP contribution in [0.1, 0.15) is 39.0 Å². The van der Waals surface area contributed by atoms with Crippen molar-refractivity contribution >= 4 is 34.6 Å². The van der Waals surface area contributed by atoms with Gasteiger partial charge in [-0.05, 0) is 43.7 Å². The highest BCUT2D eigenvalue weighted by atomic mass is 35.5. The van der Waals surface area contributed by atoms with Crippen molar-refractivity contribution < 1.29 is 0 Å². The summed E-state index contributed by atoms with van der Waals surface area (Å²) in [6.45, 7) is 2.27. The van der Waals surface area contributed by atoms with Gasteiger partial charge in [0.25, 0.3) is 0 Å². The molecule has 0 amide bonds. The van der Waals surface area contributed by atoms with Gasteiger partial charge in [0.1, 0.15) is 0 Å². The maximum absolute atomic E-state index is 6.02. The second kappa shape index (κ2) is 6.03. The van der Waals surface area contributed by atoms with Gasteiger partial charge in [-0.2, -0.15) is 0 Å². The molecule has 1 aliphatic rings. The zero-order valence-electron chi connectivity index (χ0n) is 10.7. The van der Waals surface area contributed by atoms with Gasteiger partial charge in [-0.25, -0.2) is 0 Å². The van der Waals surface area contributed by atoms with Crippen molar-refractivity contribution in [3.8, 4) is 0 Å². The van der Waals surface area contributed by atoms with Crippen LogP contribution in [0.3, 0.4) is 0 Å². The molecule has 1 aromatic rings. The van der Waals surface area contributed by atoms with E-state index in [1.807, 2.05) is 6.07 Å². The van der Waals surface area contributed by atoms with Gasteiger partial charge in [0.05, 0.1) is 21.4 Å². The number of rotatable bonds is 3. The monoisotopic (exact) mass is 286 g/mol. The summed E-state index contributed by atoms with van der Waals surface area (Å²) in [7, 11) is 0.